The summed E-state index contributed by atoms with van der Waals surface area (Å²) in [5, 5.41) is 10.0. The van der Waals surface area contributed by atoms with Gasteiger partial charge in [-0.3, -0.25) is 0 Å². The molecule has 0 saturated carbocycles. The molecule has 1 N–H and O–H groups in total. The molecule has 172 valence electrons. The SMILES string of the molecule is Cc1nc2cc(F)c(-c3cnc(C(C)(C)O)nc3)cc2n1Cc1cc(F)ccc1OC(F)F. The third-order valence-electron chi connectivity index (χ3n) is 5.11. The maximum Gasteiger partial charge on any atom is 0.387 e. The smallest absolute Gasteiger partial charge is 0.387 e. The molecule has 0 unspecified atom stereocenters. The quantitative estimate of drug-likeness (QED) is 0.412. The Labute approximate surface area is 186 Å². The van der Waals surface area contributed by atoms with Crippen LogP contribution in [0, 0.1) is 18.6 Å². The van der Waals surface area contributed by atoms with Crippen molar-refractivity contribution >= 4 is 11.0 Å². The Balaban J connectivity index is 1.79. The zero-order chi connectivity index (χ0) is 23.9. The summed E-state index contributed by atoms with van der Waals surface area (Å²) in [7, 11) is 0. The van der Waals surface area contributed by atoms with E-state index in [4.69, 9.17) is 0 Å². The Morgan fingerprint density at radius 3 is 2.42 bits per heavy atom. The van der Waals surface area contributed by atoms with Gasteiger partial charge in [0.2, 0.25) is 0 Å². The van der Waals surface area contributed by atoms with E-state index < -0.39 is 23.8 Å². The second kappa shape index (κ2) is 8.43. The van der Waals surface area contributed by atoms with Crippen LogP contribution in [0.4, 0.5) is 17.6 Å². The molecule has 0 saturated heterocycles. The lowest BCUT2D eigenvalue weighted by molar-refractivity contribution is -0.0505. The van der Waals surface area contributed by atoms with Gasteiger partial charge in [0.1, 0.15) is 28.8 Å². The molecule has 0 aliphatic rings. The van der Waals surface area contributed by atoms with E-state index in [1.165, 1.54) is 32.3 Å². The third-order valence-corrected chi connectivity index (χ3v) is 5.11. The summed E-state index contributed by atoms with van der Waals surface area (Å²) in [5.74, 6) is -0.664. The van der Waals surface area contributed by atoms with E-state index in [0.717, 1.165) is 18.2 Å². The molecule has 0 radical (unpaired) electrons. The monoisotopic (exact) mass is 460 g/mol. The van der Waals surface area contributed by atoms with Gasteiger partial charge in [0.15, 0.2) is 5.82 Å². The normalized spacial score (nSPS) is 12.0. The van der Waals surface area contributed by atoms with Crippen molar-refractivity contribution in [3.8, 4) is 16.9 Å². The molecule has 6 nitrogen and oxygen atoms in total. The van der Waals surface area contributed by atoms with Gasteiger partial charge in [0.25, 0.3) is 0 Å². The number of aryl methyl sites for hydroxylation is 1. The average molecular weight is 460 g/mol. The summed E-state index contributed by atoms with van der Waals surface area (Å²) < 4.78 is 60.5. The van der Waals surface area contributed by atoms with Gasteiger partial charge in [-0.1, -0.05) is 0 Å². The molecule has 4 rings (SSSR count). The Morgan fingerprint density at radius 2 is 1.79 bits per heavy atom. The minimum atomic E-state index is -3.07. The van der Waals surface area contributed by atoms with Crippen molar-refractivity contribution in [1.29, 1.82) is 0 Å². The number of benzene rings is 2. The molecule has 10 heteroatoms. The van der Waals surface area contributed by atoms with E-state index >= 15 is 0 Å². The lowest BCUT2D eigenvalue weighted by atomic mass is 10.1. The van der Waals surface area contributed by atoms with E-state index in [1.807, 2.05) is 0 Å². The van der Waals surface area contributed by atoms with Gasteiger partial charge in [-0.2, -0.15) is 8.78 Å². The number of rotatable bonds is 6. The summed E-state index contributed by atoms with van der Waals surface area (Å²) in [6, 6.07) is 6.07. The third kappa shape index (κ3) is 4.65. The van der Waals surface area contributed by atoms with Gasteiger partial charge >= 0.3 is 6.61 Å². The first-order chi connectivity index (χ1) is 15.5. The highest BCUT2D eigenvalue weighted by atomic mass is 19.3. The zero-order valence-corrected chi connectivity index (χ0v) is 18.0. The second-order valence-corrected chi connectivity index (χ2v) is 8.05. The number of halogens is 4. The van der Waals surface area contributed by atoms with Gasteiger partial charge < -0.3 is 14.4 Å². The Bertz CT molecular complexity index is 1320. The molecule has 0 fully saturated rings. The number of imidazole rings is 1. The highest BCUT2D eigenvalue weighted by Crippen LogP contribution is 2.30. The number of hydrogen-bond donors (Lipinski definition) is 1. The number of nitrogens with zero attached hydrogens (tertiary/aromatic N) is 4. The van der Waals surface area contributed by atoms with Crippen molar-refractivity contribution in [2.45, 2.75) is 39.5 Å². The fraction of sp³-hybridized carbons (Fsp3) is 0.261. The fourth-order valence-corrected chi connectivity index (χ4v) is 3.52. The molecule has 4 aromatic rings. The summed E-state index contributed by atoms with van der Waals surface area (Å²) in [6.45, 7) is 1.65. The van der Waals surface area contributed by atoms with Gasteiger partial charge in [-0.25, -0.2) is 23.7 Å². The lowest BCUT2D eigenvalue weighted by Crippen LogP contribution is -2.19. The van der Waals surface area contributed by atoms with Crippen LogP contribution in [0.2, 0.25) is 0 Å². The first-order valence-corrected chi connectivity index (χ1v) is 9.98. The largest absolute Gasteiger partial charge is 0.434 e. The average Bonchev–Trinajstić information content (AvgIpc) is 3.02. The van der Waals surface area contributed by atoms with Crippen molar-refractivity contribution in [1.82, 2.24) is 19.5 Å². The van der Waals surface area contributed by atoms with Gasteiger partial charge in [-0.15, -0.1) is 0 Å². The summed E-state index contributed by atoms with van der Waals surface area (Å²) in [5.41, 5.74) is 0.342. The van der Waals surface area contributed by atoms with Crippen LogP contribution in [0.15, 0.2) is 42.7 Å². The van der Waals surface area contributed by atoms with E-state index in [1.54, 1.807) is 17.6 Å². The predicted molar refractivity (Wildman–Crippen MR) is 113 cm³/mol. The molecule has 0 amide bonds. The highest BCUT2D eigenvalue weighted by molar-refractivity contribution is 5.83. The molecule has 2 aromatic heterocycles. The maximum absolute atomic E-state index is 14.9. The molecule has 33 heavy (non-hydrogen) atoms. The van der Waals surface area contributed by atoms with E-state index in [0.29, 0.717) is 22.4 Å². The lowest BCUT2D eigenvalue weighted by Gasteiger charge is -2.15. The van der Waals surface area contributed by atoms with Crippen LogP contribution in [0.3, 0.4) is 0 Å². The van der Waals surface area contributed by atoms with Crippen LogP contribution >= 0.6 is 0 Å². The van der Waals surface area contributed by atoms with Crippen LogP contribution < -0.4 is 4.74 Å². The van der Waals surface area contributed by atoms with Crippen molar-refractivity contribution < 1.29 is 27.4 Å². The topological polar surface area (TPSA) is 73.1 Å². The number of hydrogen-bond acceptors (Lipinski definition) is 5. The molecular formula is C23H20F4N4O2. The summed E-state index contributed by atoms with van der Waals surface area (Å²) >= 11 is 0. The molecule has 0 aliphatic carbocycles. The number of ether oxygens (including phenoxy) is 1. The van der Waals surface area contributed by atoms with Crippen molar-refractivity contribution in [3.63, 3.8) is 0 Å². The number of alkyl halides is 2. The zero-order valence-electron chi connectivity index (χ0n) is 18.0. The second-order valence-electron chi connectivity index (χ2n) is 8.05. The highest BCUT2D eigenvalue weighted by Gasteiger charge is 2.21. The number of aliphatic hydroxyl groups is 1. The molecule has 0 aliphatic heterocycles. The summed E-state index contributed by atoms with van der Waals surface area (Å²) in [4.78, 5) is 12.6. The molecule has 2 heterocycles. The number of fused-ring (bicyclic) bond motifs is 1. The van der Waals surface area contributed by atoms with Crippen LogP contribution in [-0.4, -0.2) is 31.2 Å². The number of aromatic nitrogens is 4. The standard InChI is InChI=1S/C23H20F4N4O2/c1-12-30-18-8-17(25)16(14-9-28-21(29-10-14)23(2,3)32)7-19(18)31(12)11-13-6-15(24)4-5-20(13)33-22(26)27/h4-10,22,32H,11H2,1-3H3. The Hall–Kier alpha value is -3.53. The fourth-order valence-electron chi connectivity index (χ4n) is 3.52. The molecule has 0 atom stereocenters. The molecule has 2 aromatic carbocycles. The van der Waals surface area contributed by atoms with Gasteiger partial charge in [0.05, 0.1) is 17.6 Å². The Morgan fingerprint density at radius 1 is 1.09 bits per heavy atom. The van der Waals surface area contributed by atoms with E-state index in [2.05, 4.69) is 19.7 Å². The van der Waals surface area contributed by atoms with Crippen LogP contribution in [0.1, 0.15) is 31.1 Å². The van der Waals surface area contributed by atoms with E-state index in [9.17, 15) is 22.7 Å². The van der Waals surface area contributed by atoms with Crippen LogP contribution in [-0.2, 0) is 12.1 Å². The van der Waals surface area contributed by atoms with E-state index in [-0.39, 0.29) is 29.2 Å². The predicted octanol–water partition coefficient (Wildman–Crippen LogP) is 4.96. The molecule has 0 spiro atoms. The van der Waals surface area contributed by atoms with Crippen molar-refractivity contribution in [2.75, 3.05) is 0 Å². The van der Waals surface area contributed by atoms with Crippen LogP contribution in [0.25, 0.3) is 22.2 Å². The maximum atomic E-state index is 14.9. The minimum absolute atomic E-state index is 0.0264. The molecule has 0 bridgehead atoms. The summed E-state index contributed by atoms with van der Waals surface area (Å²) in [6.07, 6.45) is 2.80. The van der Waals surface area contributed by atoms with Crippen molar-refractivity contribution in [2.24, 2.45) is 0 Å². The first-order valence-electron chi connectivity index (χ1n) is 9.98. The first kappa shape index (κ1) is 22.7. The van der Waals surface area contributed by atoms with Gasteiger partial charge in [0, 0.05) is 35.2 Å². The Kier molecular flexibility index (Phi) is 5.79. The minimum Gasteiger partial charge on any atom is -0.434 e. The van der Waals surface area contributed by atoms with Gasteiger partial charge in [-0.05, 0) is 45.0 Å². The van der Waals surface area contributed by atoms with Crippen LogP contribution in [0.5, 0.6) is 5.75 Å². The molecular weight excluding hydrogens is 440 g/mol. The van der Waals surface area contributed by atoms with Crippen molar-refractivity contribution in [3.05, 3.63) is 71.6 Å².